The third-order valence-electron chi connectivity index (χ3n) is 1.79. The van der Waals surface area contributed by atoms with Gasteiger partial charge in [0.05, 0.1) is 23.5 Å². The molecule has 0 heterocycles. The van der Waals surface area contributed by atoms with Gasteiger partial charge in [-0.15, -0.1) is 16.5 Å². The number of halogens is 1. The van der Waals surface area contributed by atoms with E-state index in [-0.39, 0.29) is 18.2 Å². The number of nitriles is 1. The second kappa shape index (κ2) is 6.45. The minimum absolute atomic E-state index is 0.0276. The van der Waals surface area contributed by atoms with Gasteiger partial charge in [0.25, 0.3) is 0 Å². The molecule has 0 spiro atoms. The summed E-state index contributed by atoms with van der Waals surface area (Å²) in [6.45, 7) is -0.0276. The van der Waals surface area contributed by atoms with Gasteiger partial charge in [-0.3, -0.25) is 0 Å². The van der Waals surface area contributed by atoms with Crippen LogP contribution in [0.3, 0.4) is 0 Å². The van der Waals surface area contributed by atoms with E-state index in [0.717, 1.165) is 0 Å². The Balaban J connectivity index is 2.67. The number of rotatable bonds is 4. The lowest BCUT2D eigenvalue weighted by Gasteiger charge is -2.11. The van der Waals surface area contributed by atoms with Crippen LogP contribution in [0.25, 0.3) is 0 Å². The summed E-state index contributed by atoms with van der Waals surface area (Å²) in [5.74, 6) is 0.297. The molecule has 0 aromatic heterocycles. The van der Waals surface area contributed by atoms with Crippen LogP contribution in [-0.4, -0.2) is 23.5 Å². The van der Waals surface area contributed by atoms with E-state index in [4.69, 9.17) is 21.6 Å². The number of hydrogen-bond donors (Lipinski definition) is 0. The number of alkyl halides is 1. The fourth-order valence-electron chi connectivity index (χ4n) is 0.997. The molecule has 1 aromatic rings. The first-order chi connectivity index (χ1) is 8.21. The van der Waals surface area contributed by atoms with Crippen LogP contribution < -0.4 is 4.74 Å². The Morgan fingerprint density at radius 1 is 1.47 bits per heavy atom. The van der Waals surface area contributed by atoms with Crippen LogP contribution in [0.2, 0.25) is 0 Å². The highest BCUT2D eigenvalue weighted by Gasteiger charge is 2.15. The van der Waals surface area contributed by atoms with Crippen LogP contribution in [0.1, 0.15) is 5.56 Å². The predicted molar refractivity (Wildman–Crippen MR) is 60.4 cm³/mol. The van der Waals surface area contributed by atoms with Crippen molar-refractivity contribution in [3.05, 3.63) is 34.7 Å². The van der Waals surface area contributed by atoms with Gasteiger partial charge in [-0.2, -0.15) is 10.3 Å². The quantitative estimate of drug-likeness (QED) is 0.468. The molecule has 1 rings (SSSR count). The summed E-state index contributed by atoms with van der Waals surface area (Å²) in [7, 11) is 0. The zero-order valence-electron chi connectivity index (χ0n) is 8.67. The Morgan fingerprint density at radius 3 is 2.59 bits per heavy atom. The van der Waals surface area contributed by atoms with Crippen LogP contribution in [0.4, 0.5) is 4.79 Å². The molecule has 0 saturated heterocycles. The van der Waals surface area contributed by atoms with Crippen molar-refractivity contribution < 1.29 is 9.53 Å². The molecule has 6 nitrogen and oxygen atoms in total. The van der Waals surface area contributed by atoms with Crippen molar-refractivity contribution in [2.75, 3.05) is 12.4 Å². The molecular formula is C10H8ClN3O3. The number of ether oxygens (including phenoxy) is 1. The molecule has 0 aliphatic rings. The van der Waals surface area contributed by atoms with Crippen molar-refractivity contribution in [3.8, 4) is 11.8 Å². The molecule has 1 aromatic carbocycles. The van der Waals surface area contributed by atoms with Crippen molar-refractivity contribution in [1.82, 2.24) is 5.01 Å². The summed E-state index contributed by atoms with van der Waals surface area (Å²) < 4.78 is 4.84. The van der Waals surface area contributed by atoms with Gasteiger partial charge in [-0.1, -0.05) is 0 Å². The van der Waals surface area contributed by atoms with Crippen LogP contribution in [0.15, 0.2) is 29.6 Å². The summed E-state index contributed by atoms with van der Waals surface area (Å²) >= 11 is 5.38. The molecule has 0 N–H and O–H groups in total. The molecule has 0 radical (unpaired) electrons. The van der Waals surface area contributed by atoms with Crippen molar-refractivity contribution >= 4 is 17.7 Å². The lowest BCUT2D eigenvalue weighted by atomic mass is 10.2. The zero-order chi connectivity index (χ0) is 12.7. The van der Waals surface area contributed by atoms with E-state index in [1.807, 2.05) is 6.07 Å². The molecule has 17 heavy (non-hydrogen) atoms. The zero-order valence-corrected chi connectivity index (χ0v) is 9.42. The average Bonchev–Trinajstić information content (AvgIpc) is 2.36. The van der Waals surface area contributed by atoms with Crippen molar-refractivity contribution in [2.45, 2.75) is 0 Å². The van der Waals surface area contributed by atoms with Gasteiger partial charge >= 0.3 is 6.09 Å². The van der Waals surface area contributed by atoms with Crippen molar-refractivity contribution in [1.29, 1.82) is 5.26 Å². The van der Waals surface area contributed by atoms with E-state index >= 15 is 0 Å². The summed E-state index contributed by atoms with van der Waals surface area (Å²) in [4.78, 5) is 21.7. The molecule has 0 aliphatic heterocycles. The highest BCUT2D eigenvalue weighted by atomic mass is 35.5. The molecule has 0 bridgehead atoms. The normalized spacial score (nSPS) is 9.18. The number of hydrogen-bond acceptors (Lipinski definition) is 5. The minimum atomic E-state index is -0.912. The number of amides is 1. The summed E-state index contributed by atoms with van der Waals surface area (Å²) in [5.41, 5.74) is 0.441. The first kappa shape index (κ1) is 12.9. The van der Waals surface area contributed by atoms with Crippen LogP contribution in [0.5, 0.6) is 5.75 Å². The predicted octanol–water partition coefficient (Wildman–Crippen LogP) is 2.28. The Bertz CT molecular complexity index is 441. The second-order valence-corrected chi connectivity index (χ2v) is 3.28. The number of carbonyl (C=O) groups is 1. The molecule has 0 aliphatic carbocycles. The van der Waals surface area contributed by atoms with E-state index in [2.05, 4.69) is 5.29 Å². The van der Waals surface area contributed by atoms with E-state index in [9.17, 15) is 9.70 Å². The van der Waals surface area contributed by atoms with E-state index in [1.54, 1.807) is 0 Å². The van der Waals surface area contributed by atoms with Crippen LogP contribution in [-0.2, 0) is 0 Å². The molecule has 1 amide bonds. The van der Waals surface area contributed by atoms with Gasteiger partial charge < -0.3 is 4.74 Å². The molecule has 0 fully saturated rings. The van der Waals surface area contributed by atoms with E-state index in [0.29, 0.717) is 10.6 Å². The lowest BCUT2D eigenvalue weighted by molar-refractivity contribution is 0.156. The SMILES string of the molecule is N#Cc1ccc(OC(=O)N(CCCl)N=O)cc1. The molecule has 0 unspecified atom stereocenters. The third kappa shape index (κ3) is 3.74. The fraction of sp³-hybridized carbons (Fsp3) is 0.200. The Kier molecular flexibility index (Phi) is 4.91. The lowest BCUT2D eigenvalue weighted by Crippen LogP contribution is -2.30. The summed E-state index contributed by atoms with van der Waals surface area (Å²) in [6, 6.07) is 7.79. The second-order valence-electron chi connectivity index (χ2n) is 2.90. The molecular weight excluding hydrogens is 246 g/mol. The van der Waals surface area contributed by atoms with Gasteiger partial charge in [-0.05, 0) is 24.3 Å². The monoisotopic (exact) mass is 253 g/mol. The largest absolute Gasteiger partial charge is 0.438 e. The first-order valence-electron chi connectivity index (χ1n) is 4.60. The van der Waals surface area contributed by atoms with Gasteiger partial charge in [0.1, 0.15) is 5.75 Å². The van der Waals surface area contributed by atoms with Crippen molar-refractivity contribution in [2.24, 2.45) is 5.29 Å². The highest BCUT2D eigenvalue weighted by Crippen LogP contribution is 2.13. The Hall–Kier alpha value is -2.13. The van der Waals surface area contributed by atoms with Crippen LogP contribution >= 0.6 is 11.6 Å². The Labute approximate surface area is 102 Å². The maximum atomic E-state index is 11.4. The maximum Gasteiger partial charge on any atom is 0.438 e. The first-order valence-corrected chi connectivity index (χ1v) is 5.13. The fourth-order valence-corrected chi connectivity index (χ4v) is 1.16. The molecule has 7 heteroatoms. The number of benzene rings is 1. The number of nitrogens with zero attached hydrogens (tertiary/aromatic N) is 3. The van der Waals surface area contributed by atoms with Gasteiger partial charge in [-0.25, -0.2) is 4.79 Å². The minimum Gasteiger partial charge on any atom is -0.409 e. The number of nitroso groups, excluding NO2 is 1. The molecule has 0 atom stereocenters. The maximum absolute atomic E-state index is 11.4. The van der Waals surface area contributed by atoms with E-state index in [1.165, 1.54) is 24.3 Å². The van der Waals surface area contributed by atoms with Gasteiger partial charge in [0.15, 0.2) is 0 Å². The number of carbonyl (C=O) groups excluding carboxylic acids is 1. The molecule has 88 valence electrons. The van der Waals surface area contributed by atoms with Gasteiger partial charge in [0, 0.05) is 5.88 Å². The van der Waals surface area contributed by atoms with E-state index < -0.39 is 6.09 Å². The summed E-state index contributed by atoms with van der Waals surface area (Å²) in [5, 5.41) is 11.6. The van der Waals surface area contributed by atoms with Gasteiger partial charge in [0.2, 0.25) is 0 Å². The Morgan fingerprint density at radius 2 is 2.12 bits per heavy atom. The molecule has 0 saturated carbocycles. The standard InChI is InChI=1S/C10H8ClN3O3/c11-5-6-14(13-16)10(15)17-9-3-1-8(7-12)2-4-9/h1-4H,5-6H2. The van der Waals surface area contributed by atoms with Crippen LogP contribution in [0, 0.1) is 16.2 Å². The smallest absolute Gasteiger partial charge is 0.409 e. The third-order valence-corrected chi connectivity index (χ3v) is 1.96. The van der Waals surface area contributed by atoms with Crippen molar-refractivity contribution in [3.63, 3.8) is 0 Å². The highest BCUT2D eigenvalue weighted by molar-refractivity contribution is 6.18. The topological polar surface area (TPSA) is 82.8 Å². The average molecular weight is 254 g/mol. The summed E-state index contributed by atoms with van der Waals surface area (Å²) in [6.07, 6.45) is -0.912.